The monoisotopic (exact) mass is 299 g/mol. The topological polar surface area (TPSA) is 75.5 Å². The lowest BCUT2D eigenvalue weighted by Gasteiger charge is -2.24. The second kappa shape index (κ2) is 6.13. The van der Waals surface area contributed by atoms with Gasteiger partial charge in [-0.2, -0.15) is 0 Å². The van der Waals surface area contributed by atoms with Gasteiger partial charge in [-0.25, -0.2) is 8.78 Å². The van der Waals surface area contributed by atoms with Gasteiger partial charge in [-0.3, -0.25) is 20.2 Å². The Bertz CT molecular complexity index is 553. The Kier molecular flexibility index (Phi) is 4.46. The fraction of sp³-hybridized carbons (Fsp3) is 0.462. The number of nitro benzene ring substituents is 1. The Hall–Kier alpha value is -2.09. The van der Waals surface area contributed by atoms with Gasteiger partial charge in [0.2, 0.25) is 5.91 Å². The molecule has 0 aliphatic carbocycles. The minimum Gasteiger partial charge on any atom is -0.316 e. The van der Waals surface area contributed by atoms with Gasteiger partial charge in [0.25, 0.3) is 12.1 Å². The zero-order valence-corrected chi connectivity index (χ0v) is 11.3. The lowest BCUT2D eigenvalue weighted by Crippen LogP contribution is -2.34. The largest absolute Gasteiger partial charge is 0.316 e. The number of carbonyl (C=O) groups is 1. The predicted octanol–water partition coefficient (Wildman–Crippen LogP) is 2.07. The Balaban J connectivity index is 2.33. The van der Waals surface area contributed by atoms with E-state index in [2.05, 4.69) is 5.32 Å². The van der Waals surface area contributed by atoms with E-state index < -0.39 is 36.0 Å². The molecule has 2 rings (SSSR count). The highest BCUT2D eigenvalue weighted by molar-refractivity contribution is 5.84. The molecule has 1 amide bonds. The summed E-state index contributed by atoms with van der Waals surface area (Å²) in [7, 11) is 0. The van der Waals surface area contributed by atoms with Gasteiger partial charge in [0.05, 0.1) is 17.5 Å². The molecule has 2 atom stereocenters. The van der Waals surface area contributed by atoms with Crippen LogP contribution in [0.3, 0.4) is 0 Å². The van der Waals surface area contributed by atoms with Gasteiger partial charge >= 0.3 is 0 Å². The van der Waals surface area contributed by atoms with Crippen molar-refractivity contribution in [2.24, 2.45) is 0 Å². The van der Waals surface area contributed by atoms with E-state index in [-0.39, 0.29) is 5.69 Å². The fourth-order valence-corrected chi connectivity index (χ4v) is 2.40. The van der Waals surface area contributed by atoms with Crippen LogP contribution < -0.4 is 5.32 Å². The highest BCUT2D eigenvalue weighted by atomic mass is 19.3. The van der Waals surface area contributed by atoms with Crippen molar-refractivity contribution < 1.29 is 18.5 Å². The Morgan fingerprint density at radius 2 is 2.19 bits per heavy atom. The van der Waals surface area contributed by atoms with Crippen LogP contribution in [0.15, 0.2) is 24.3 Å². The normalized spacial score (nSPS) is 22.1. The van der Waals surface area contributed by atoms with Gasteiger partial charge in [0.1, 0.15) is 6.17 Å². The average molecular weight is 299 g/mol. The average Bonchev–Trinajstić information content (AvgIpc) is 2.75. The molecule has 0 bridgehead atoms. The van der Waals surface area contributed by atoms with Crippen LogP contribution >= 0.6 is 0 Å². The molecule has 1 aromatic carbocycles. The predicted molar refractivity (Wildman–Crippen MR) is 70.8 cm³/mol. The molecular formula is C13H15F2N3O3. The van der Waals surface area contributed by atoms with Crippen molar-refractivity contribution in [1.82, 2.24) is 10.2 Å². The molecule has 1 N–H and O–H groups in total. The minimum atomic E-state index is -2.66. The van der Waals surface area contributed by atoms with E-state index in [0.717, 1.165) is 4.90 Å². The summed E-state index contributed by atoms with van der Waals surface area (Å²) in [6.45, 7) is 1.07. The summed E-state index contributed by atoms with van der Waals surface area (Å²) in [4.78, 5) is 23.3. The molecule has 21 heavy (non-hydrogen) atoms. The van der Waals surface area contributed by atoms with Crippen LogP contribution in [0.25, 0.3) is 0 Å². The van der Waals surface area contributed by atoms with E-state index in [9.17, 15) is 23.7 Å². The molecule has 1 aliphatic rings. The molecule has 2 unspecified atom stereocenters. The second-order valence-corrected chi connectivity index (χ2v) is 4.76. The van der Waals surface area contributed by atoms with Crippen LogP contribution in [0, 0.1) is 10.1 Å². The first-order valence-electron chi connectivity index (χ1n) is 6.53. The van der Waals surface area contributed by atoms with Crippen molar-refractivity contribution in [3.8, 4) is 0 Å². The van der Waals surface area contributed by atoms with E-state index >= 15 is 0 Å². The molecule has 1 aliphatic heterocycles. The number of non-ortho nitro benzene ring substituents is 1. The molecule has 1 fully saturated rings. The number of nitro groups is 1. The van der Waals surface area contributed by atoms with Crippen molar-refractivity contribution in [3.63, 3.8) is 0 Å². The molecule has 6 nitrogen and oxygen atoms in total. The maximum absolute atomic E-state index is 12.7. The molecule has 1 heterocycles. The van der Waals surface area contributed by atoms with Crippen molar-refractivity contribution in [3.05, 3.63) is 39.9 Å². The van der Waals surface area contributed by atoms with E-state index in [1.807, 2.05) is 0 Å². The first kappa shape index (κ1) is 15.3. The first-order chi connectivity index (χ1) is 9.93. The highest BCUT2D eigenvalue weighted by Gasteiger charge is 2.40. The molecule has 0 aromatic heterocycles. The number of halogens is 2. The lowest BCUT2D eigenvalue weighted by molar-refractivity contribution is -0.385. The van der Waals surface area contributed by atoms with Gasteiger partial charge in [-0.1, -0.05) is 19.1 Å². The molecule has 114 valence electrons. The summed E-state index contributed by atoms with van der Waals surface area (Å²) >= 11 is 0. The minimum absolute atomic E-state index is 0.140. The van der Waals surface area contributed by atoms with Gasteiger partial charge < -0.3 is 4.90 Å². The number of rotatable bonds is 5. The molecule has 1 saturated heterocycles. The summed E-state index contributed by atoms with van der Waals surface area (Å²) in [5, 5.41) is 13.7. The van der Waals surface area contributed by atoms with E-state index in [1.165, 1.54) is 18.2 Å². The van der Waals surface area contributed by atoms with Crippen LogP contribution in [0.4, 0.5) is 14.5 Å². The number of hydrogen-bond donors (Lipinski definition) is 1. The number of carbonyl (C=O) groups excluding carboxylic acids is 1. The number of hydrogen-bond acceptors (Lipinski definition) is 4. The van der Waals surface area contributed by atoms with Crippen LogP contribution in [0.1, 0.15) is 25.1 Å². The fourth-order valence-electron chi connectivity index (χ4n) is 2.40. The van der Waals surface area contributed by atoms with Crippen molar-refractivity contribution in [1.29, 1.82) is 0 Å². The SMILES string of the molecule is CCC1NC(c2cccc([N+](=O)[O-])c2)N(CC(F)F)C1=O. The van der Waals surface area contributed by atoms with Crippen molar-refractivity contribution in [2.45, 2.75) is 32.0 Å². The van der Waals surface area contributed by atoms with Crippen molar-refractivity contribution in [2.75, 3.05) is 6.54 Å². The molecule has 0 radical (unpaired) electrons. The maximum atomic E-state index is 12.7. The van der Waals surface area contributed by atoms with E-state index in [4.69, 9.17) is 0 Å². The Morgan fingerprint density at radius 3 is 2.76 bits per heavy atom. The number of nitrogens with one attached hydrogen (secondary N) is 1. The van der Waals surface area contributed by atoms with Gasteiger partial charge in [-0.05, 0) is 12.0 Å². The van der Waals surface area contributed by atoms with Crippen LogP contribution in [-0.4, -0.2) is 34.7 Å². The van der Waals surface area contributed by atoms with E-state index in [1.54, 1.807) is 13.0 Å². The van der Waals surface area contributed by atoms with E-state index in [0.29, 0.717) is 12.0 Å². The van der Waals surface area contributed by atoms with Gasteiger partial charge in [0, 0.05) is 12.1 Å². The van der Waals surface area contributed by atoms with Crippen LogP contribution in [0.5, 0.6) is 0 Å². The summed E-state index contributed by atoms with van der Waals surface area (Å²) < 4.78 is 25.3. The number of alkyl halides is 2. The zero-order chi connectivity index (χ0) is 15.6. The summed E-state index contributed by atoms with van der Waals surface area (Å²) in [5.74, 6) is -0.408. The maximum Gasteiger partial charge on any atom is 0.269 e. The molecule has 0 saturated carbocycles. The van der Waals surface area contributed by atoms with Crippen LogP contribution in [-0.2, 0) is 4.79 Å². The molecule has 1 aromatic rings. The summed E-state index contributed by atoms with van der Waals surface area (Å²) in [6.07, 6.45) is -2.96. The third-order valence-corrected chi connectivity index (χ3v) is 3.39. The van der Waals surface area contributed by atoms with Crippen molar-refractivity contribution >= 4 is 11.6 Å². The third-order valence-electron chi connectivity index (χ3n) is 3.39. The standard InChI is InChI=1S/C13H15F2N3O3/c1-2-10-13(19)17(7-11(14)15)12(16-10)8-4-3-5-9(6-8)18(20)21/h3-6,10-12,16H,2,7H2,1H3. The van der Waals surface area contributed by atoms with Crippen LogP contribution in [0.2, 0.25) is 0 Å². The third kappa shape index (κ3) is 3.15. The zero-order valence-electron chi connectivity index (χ0n) is 11.3. The van der Waals surface area contributed by atoms with Gasteiger partial charge in [0.15, 0.2) is 0 Å². The van der Waals surface area contributed by atoms with Gasteiger partial charge in [-0.15, -0.1) is 0 Å². The summed E-state index contributed by atoms with van der Waals surface area (Å²) in [6, 6.07) is 5.11. The number of amides is 1. The lowest BCUT2D eigenvalue weighted by atomic mass is 10.1. The summed E-state index contributed by atoms with van der Waals surface area (Å²) in [5.41, 5.74) is 0.285. The Morgan fingerprint density at radius 1 is 1.48 bits per heavy atom. The molecular weight excluding hydrogens is 284 g/mol. The molecule has 0 spiro atoms. The number of benzene rings is 1. The highest BCUT2D eigenvalue weighted by Crippen LogP contribution is 2.29. The molecule has 8 heteroatoms. The smallest absolute Gasteiger partial charge is 0.269 e. The Labute approximate surface area is 119 Å². The second-order valence-electron chi connectivity index (χ2n) is 4.76. The first-order valence-corrected chi connectivity index (χ1v) is 6.53. The quantitative estimate of drug-likeness (QED) is 0.667. The number of nitrogens with zero attached hydrogens (tertiary/aromatic N) is 2.